The zero-order valence-corrected chi connectivity index (χ0v) is 21.1. The molecule has 0 amide bonds. The number of rotatable bonds is 9. The van der Waals surface area contributed by atoms with Crippen LogP contribution in [0, 0.1) is 11.8 Å². The molecule has 9 heteroatoms. The molecule has 36 heavy (non-hydrogen) atoms. The van der Waals surface area contributed by atoms with Gasteiger partial charge in [-0.3, -0.25) is 9.69 Å². The highest BCUT2D eigenvalue weighted by Crippen LogP contribution is 2.46. The predicted molar refractivity (Wildman–Crippen MR) is 136 cm³/mol. The Bertz CT molecular complexity index is 1080. The summed E-state index contributed by atoms with van der Waals surface area (Å²) in [7, 11) is 3.26. The summed E-state index contributed by atoms with van der Waals surface area (Å²) in [5.41, 5.74) is 5.90. The van der Waals surface area contributed by atoms with Gasteiger partial charge in [-0.2, -0.15) is 0 Å². The third-order valence-electron chi connectivity index (χ3n) is 7.71. The number of nitrogens with one attached hydrogen (secondary N) is 1. The molecule has 2 N–H and O–H groups in total. The molecule has 0 radical (unpaired) electrons. The van der Waals surface area contributed by atoms with Gasteiger partial charge in [0.05, 0.1) is 36.6 Å². The highest BCUT2D eigenvalue weighted by atomic mass is 16.7. The minimum atomic E-state index is -0.680. The van der Waals surface area contributed by atoms with Crippen molar-refractivity contribution in [1.29, 1.82) is 0 Å². The van der Waals surface area contributed by atoms with Gasteiger partial charge in [-0.05, 0) is 54.9 Å². The van der Waals surface area contributed by atoms with Crippen LogP contribution in [0.4, 0.5) is 11.4 Å². The summed E-state index contributed by atoms with van der Waals surface area (Å²) >= 11 is 0. The zero-order valence-electron chi connectivity index (χ0n) is 21.1. The fourth-order valence-electron chi connectivity index (χ4n) is 5.94. The molecule has 9 nitrogen and oxygen atoms in total. The number of nitrogens with zero attached hydrogens (tertiary/aromatic N) is 3. The zero-order chi connectivity index (χ0) is 25.1. The second-order valence-electron chi connectivity index (χ2n) is 9.99. The van der Waals surface area contributed by atoms with Crippen molar-refractivity contribution in [3.05, 3.63) is 47.2 Å². The van der Waals surface area contributed by atoms with Crippen LogP contribution in [-0.4, -0.2) is 61.4 Å². The van der Waals surface area contributed by atoms with Gasteiger partial charge in [-0.25, -0.2) is 4.98 Å². The standard InChI is InChI=1S/C27H36N4O5/c1-34-17-36-16-30-12-11-18-9-10-23-25(22(18)15-30)29-26(19-5-3-6-20(13-19)27(32)33)31(23)14-21-7-4-8-24(28-21)35-2/h4,7-10,19-20,26,29H,3,5-6,11-17H2,1-2H3,(H,32,33)/t19-,20-,26?/m1/s1. The van der Waals surface area contributed by atoms with E-state index in [0.717, 1.165) is 55.8 Å². The molecule has 1 aliphatic carbocycles. The highest BCUT2D eigenvalue weighted by molar-refractivity contribution is 5.81. The van der Waals surface area contributed by atoms with E-state index in [9.17, 15) is 9.90 Å². The van der Waals surface area contributed by atoms with Crippen molar-refractivity contribution in [3.63, 3.8) is 0 Å². The molecule has 194 valence electrons. The summed E-state index contributed by atoms with van der Waals surface area (Å²) in [6.45, 7) is 3.18. The molecule has 1 fully saturated rings. The highest BCUT2D eigenvalue weighted by Gasteiger charge is 2.40. The smallest absolute Gasteiger partial charge is 0.306 e. The molecule has 2 aliphatic heterocycles. The molecule has 1 saturated carbocycles. The van der Waals surface area contributed by atoms with E-state index in [1.807, 2.05) is 18.2 Å². The average Bonchev–Trinajstić information content (AvgIpc) is 3.27. The number of fused-ring (bicyclic) bond motifs is 3. The predicted octanol–water partition coefficient (Wildman–Crippen LogP) is 3.68. The molecule has 3 aliphatic rings. The van der Waals surface area contributed by atoms with Crippen LogP contribution in [0.2, 0.25) is 0 Å². The number of anilines is 2. The van der Waals surface area contributed by atoms with Gasteiger partial charge in [0.2, 0.25) is 5.88 Å². The van der Waals surface area contributed by atoms with E-state index in [0.29, 0.717) is 25.6 Å². The minimum Gasteiger partial charge on any atom is -0.481 e. The maximum Gasteiger partial charge on any atom is 0.306 e. The summed E-state index contributed by atoms with van der Waals surface area (Å²) in [5, 5.41) is 13.6. The quantitative estimate of drug-likeness (QED) is 0.398. The van der Waals surface area contributed by atoms with Crippen LogP contribution in [-0.2, 0) is 33.8 Å². The number of pyridine rings is 1. The van der Waals surface area contributed by atoms with Gasteiger partial charge < -0.3 is 29.5 Å². The number of benzene rings is 1. The van der Waals surface area contributed by atoms with Crippen molar-refractivity contribution < 1.29 is 24.1 Å². The summed E-state index contributed by atoms with van der Waals surface area (Å²) < 4.78 is 16.0. The Morgan fingerprint density at radius 2 is 2.11 bits per heavy atom. The number of carboxylic acid groups (broad SMARTS) is 1. The number of hydrogen-bond acceptors (Lipinski definition) is 8. The lowest BCUT2D eigenvalue weighted by molar-refractivity contribution is -0.143. The van der Waals surface area contributed by atoms with Gasteiger partial charge in [-0.15, -0.1) is 0 Å². The maximum atomic E-state index is 11.8. The second kappa shape index (κ2) is 11.0. The monoisotopic (exact) mass is 496 g/mol. The third-order valence-corrected chi connectivity index (χ3v) is 7.71. The lowest BCUT2D eigenvalue weighted by Crippen LogP contribution is -2.44. The van der Waals surface area contributed by atoms with Crippen LogP contribution >= 0.6 is 0 Å². The van der Waals surface area contributed by atoms with Crippen LogP contribution in [0.5, 0.6) is 5.88 Å². The van der Waals surface area contributed by atoms with Crippen LogP contribution in [0.15, 0.2) is 30.3 Å². The third kappa shape index (κ3) is 5.14. The molecular weight excluding hydrogens is 460 g/mol. The van der Waals surface area contributed by atoms with Crippen LogP contribution in [0.1, 0.15) is 42.5 Å². The van der Waals surface area contributed by atoms with Crippen molar-refractivity contribution in [2.75, 3.05) is 44.5 Å². The van der Waals surface area contributed by atoms with Crippen molar-refractivity contribution in [2.45, 2.75) is 51.4 Å². The molecule has 5 rings (SSSR count). The average molecular weight is 497 g/mol. The van der Waals surface area contributed by atoms with Gasteiger partial charge >= 0.3 is 5.97 Å². The van der Waals surface area contributed by atoms with E-state index in [1.54, 1.807) is 14.2 Å². The second-order valence-corrected chi connectivity index (χ2v) is 9.99. The van der Waals surface area contributed by atoms with Gasteiger partial charge in [-0.1, -0.05) is 18.6 Å². The molecule has 0 bridgehead atoms. The fraction of sp³-hybridized carbons (Fsp3) is 0.556. The first kappa shape index (κ1) is 24.8. The molecule has 3 atom stereocenters. The molecular formula is C27H36N4O5. The van der Waals surface area contributed by atoms with Gasteiger partial charge in [0.15, 0.2) is 0 Å². The van der Waals surface area contributed by atoms with E-state index in [2.05, 4.69) is 32.2 Å². The number of aliphatic carboxylic acids is 1. The SMILES string of the molecule is COCOCN1CCc2ccc3c(c2C1)NC([C@@H]1CCC[C@@H](C(=O)O)C1)N3Cc1cccc(OC)n1. The summed E-state index contributed by atoms with van der Waals surface area (Å²) in [4.78, 5) is 21.2. The first-order chi connectivity index (χ1) is 17.6. The first-order valence-electron chi connectivity index (χ1n) is 12.8. The fourth-order valence-corrected chi connectivity index (χ4v) is 5.94. The number of aromatic nitrogens is 1. The molecule has 1 unspecified atom stereocenters. The minimum absolute atomic E-state index is 0.0155. The molecule has 2 aromatic rings. The summed E-state index contributed by atoms with van der Waals surface area (Å²) in [6, 6.07) is 10.3. The van der Waals surface area contributed by atoms with E-state index >= 15 is 0 Å². The van der Waals surface area contributed by atoms with Crippen molar-refractivity contribution in [1.82, 2.24) is 9.88 Å². The molecule has 1 aromatic heterocycles. The van der Waals surface area contributed by atoms with Crippen molar-refractivity contribution in [2.24, 2.45) is 11.8 Å². The van der Waals surface area contributed by atoms with Gasteiger partial charge in [0, 0.05) is 26.3 Å². The lowest BCUT2D eigenvalue weighted by Gasteiger charge is -2.37. The number of ether oxygens (including phenoxy) is 3. The summed E-state index contributed by atoms with van der Waals surface area (Å²) in [5.74, 6) is -0.135. The molecule has 1 aromatic carbocycles. The van der Waals surface area contributed by atoms with Crippen LogP contribution in [0.3, 0.4) is 0 Å². The Morgan fingerprint density at radius 1 is 1.22 bits per heavy atom. The number of carbonyl (C=O) groups is 1. The van der Waals surface area contributed by atoms with E-state index < -0.39 is 5.97 Å². The number of carboxylic acids is 1. The Balaban J connectivity index is 1.45. The van der Waals surface area contributed by atoms with Crippen LogP contribution < -0.4 is 15.0 Å². The summed E-state index contributed by atoms with van der Waals surface area (Å²) in [6.07, 6.45) is 4.37. The van der Waals surface area contributed by atoms with Gasteiger partial charge in [0.1, 0.15) is 19.7 Å². The largest absolute Gasteiger partial charge is 0.481 e. The molecule has 0 spiro atoms. The lowest BCUT2D eigenvalue weighted by atomic mass is 9.79. The topological polar surface area (TPSA) is 96.4 Å². The number of hydrogen-bond donors (Lipinski definition) is 2. The van der Waals surface area contributed by atoms with E-state index in [1.165, 1.54) is 11.1 Å². The van der Waals surface area contributed by atoms with Gasteiger partial charge in [0.25, 0.3) is 0 Å². The normalized spacial score (nSPS) is 23.6. The van der Waals surface area contributed by atoms with E-state index in [4.69, 9.17) is 14.2 Å². The van der Waals surface area contributed by atoms with E-state index in [-0.39, 0.29) is 24.8 Å². The maximum absolute atomic E-state index is 11.8. The van der Waals surface area contributed by atoms with Crippen molar-refractivity contribution in [3.8, 4) is 5.88 Å². The van der Waals surface area contributed by atoms with Crippen molar-refractivity contribution >= 4 is 17.3 Å². The number of methoxy groups -OCH3 is 2. The van der Waals surface area contributed by atoms with Crippen LogP contribution in [0.25, 0.3) is 0 Å². The molecule has 3 heterocycles. The molecule has 0 saturated heterocycles. The first-order valence-corrected chi connectivity index (χ1v) is 12.8. The Hall–Kier alpha value is -2.88. The Morgan fingerprint density at radius 3 is 2.92 bits per heavy atom. The Labute approximate surface area is 212 Å². The Kier molecular flexibility index (Phi) is 7.59.